The van der Waals surface area contributed by atoms with Crippen molar-refractivity contribution in [1.82, 2.24) is 5.32 Å². The molecule has 1 aromatic carbocycles. The molecule has 0 aliphatic heterocycles. The van der Waals surface area contributed by atoms with Gasteiger partial charge in [0, 0.05) is 14.1 Å². The first-order valence-electron chi connectivity index (χ1n) is 5.43. The van der Waals surface area contributed by atoms with Crippen LogP contribution in [0.1, 0.15) is 36.0 Å². The molecule has 1 N–H and O–H groups in total. The molecule has 2 rings (SSSR count). The zero-order valence-electron chi connectivity index (χ0n) is 8.80. The molecule has 0 saturated heterocycles. The molecular weight excluding hydrogens is 381 g/mol. The van der Waals surface area contributed by atoms with E-state index in [0.29, 0.717) is 6.04 Å². The van der Waals surface area contributed by atoms with E-state index in [1.165, 1.54) is 12.8 Å². The largest absolute Gasteiger partial charge is 0.349 e. The molecule has 16 heavy (non-hydrogen) atoms. The fraction of sp³-hybridized carbons (Fsp3) is 0.417. The molecule has 1 aromatic rings. The van der Waals surface area contributed by atoms with E-state index >= 15 is 0 Å². The van der Waals surface area contributed by atoms with E-state index in [4.69, 9.17) is 0 Å². The average molecular weight is 394 g/mol. The van der Waals surface area contributed by atoms with Gasteiger partial charge in [-0.25, -0.2) is 0 Å². The molecule has 0 unspecified atom stereocenters. The summed E-state index contributed by atoms with van der Waals surface area (Å²) in [5.74, 6) is 0.0533. The first-order valence-corrected chi connectivity index (χ1v) is 7.30. The van der Waals surface area contributed by atoms with Crippen LogP contribution in [-0.4, -0.2) is 11.9 Å². The van der Waals surface area contributed by atoms with Crippen molar-refractivity contribution in [1.29, 1.82) is 0 Å². The standard InChI is InChI=1S/C12H13BrINO/c13-8-5-6-11(14)10(7-8)12(16)15-9-3-1-2-4-9/h5-7,9H,1-4H2,(H,15,16). The molecule has 0 radical (unpaired) electrons. The van der Waals surface area contributed by atoms with E-state index in [1.807, 2.05) is 18.2 Å². The fourth-order valence-electron chi connectivity index (χ4n) is 2.00. The molecule has 86 valence electrons. The number of hydrogen-bond donors (Lipinski definition) is 1. The normalized spacial score (nSPS) is 16.4. The van der Waals surface area contributed by atoms with E-state index in [0.717, 1.165) is 26.4 Å². The van der Waals surface area contributed by atoms with Crippen LogP contribution >= 0.6 is 38.5 Å². The second-order valence-electron chi connectivity index (χ2n) is 4.08. The Morgan fingerprint density at radius 1 is 1.38 bits per heavy atom. The van der Waals surface area contributed by atoms with Crippen molar-refractivity contribution in [2.45, 2.75) is 31.7 Å². The Bertz CT molecular complexity index is 402. The fourth-order valence-corrected chi connectivity index (χ4v) is 2.95. The van der Waals surface area contributed by atoms with Gasteiger partial charge in [-0.1, -0.05) is 28.8 Å². The maximum Gasteiger partial charge on any atom is 0.252 e. The Kier molecular flexibility index (Phi) is 4.24. The monoisotopic (exact) mass is 393 g/mol. The van der Waals surface area contributed by atoms with E-state index in [-0.39, 0.29) is 5.91 Å². The first-order chi connectivity index (χ1) is 7.66. The van der Waals surface area contributed by atoms with E-state index in [1.54, 1.807) is 0 Å². The predicted molar refractivity (Wildman–Crippen MR) is 76.6 cm³/mol. The van der Waals surface area contributed by atoms with Crippen molar-refractivity contribution in [2.75, 3.05) is 0 Å². The minimum absolute atomic E-state index is 0.0533. The van der Waals surface area contributed by atoms with Gasteiger partial charge in [0.05, 0.1) is 5.56 Å². The van der Waals surface area contributed by atoms with Crippen LogP contribution in [0, 0.1) is 3.57 Å². The molecule has 2 nitrogen and oxygen atoms in total. The molecule has 0 aromatic heterocycles. The lowest BCUT2D eigenvalue weighted by atomic mass is 10.2. The zero-order valence-corrected chi connectivity index (χ0v) is 12.5. The van der Waals surface area contributed by atoms with Crippen molar-refractivity contribution in [3.05, 3.63) is 31.8 Å². The lowest BCUT2D eigenvalue weighted by Gasteiger charge is -2.12. The first kappa shape index (κ1) is 12.4. The van der Waals surface area contributed by atoms with Crippen molar-refractivity contribution < 1.29 is 4.79 Å². The summed E-state index contributed by atoms with van der Waals surface area (Å²) in [6.45, 7) is 0. The van der Waals surface area contributed by atoms with Crippen LogP contribution in [-0.2, 0) is 0 Å². The van der Waals surface area contributed by atoms with Gasteiger partial charge in [0.1, 0.15) is 0 Å². The number of amides is 1. The molecule has 4 heteroatoms. The van der Waals surface area contributed by atoms with Crippen molar-refractivity contribution in [3.8, 4) is 0 Å². The summed E-state index contributed by atoms with van der Waals surface area (Å²) >= 11 is 5.59. The van der Waals surface area contributed by atoms with Crippen LogP contribution in [0.25, 0.3) is 0 Å². The molecule has 1 fully saturated rings. The van der Waals surface area contributed by atoms with E-state index in [2.05, 4.69) is 43.8 Å². The van der Waals surface area contributed by atoms with Crippen LogP contribution in [0.5, 0.6) is 0 Å². The van der Waals surface area contributed by atoms with Crippen LogP contribution in [0.4, 0.5) is 0 Å². The lowest BCUT2D eigenvalue weighted by Crippen LogP contribution is -2.33. The molecular formula is C12H13BrINO. The third-order valence-electron chi connectivity index (χ3n) is 2.86. The van der Waals surface area contributed by atoms with Gasteiger partial charge >= 0.3 is 0 Å². The topological polar surface area (TPSA) is 29.1 Å². The SMILES string of the molecule is O=C(NC1CCCC1)c1cc(Br)ccc1I. The van der Waals surface area contributed by atoms with Crippen LogP contribution in [0.3, 0.4) is 0 Å². The number of rotatable bonds is 2. The van der Waals surface area contributed by atoms with Gasteiger partial charge in [0.25, 0.3) is 5.91 Å². The van der Waals surface area contributed by atoms with Gasteiger partial charge in [-0.3, -0.25) is 4.79 Å². The number of carbonyl (C=O) groups is 1. The van der Waals surface area contributed by atoms with Crippen LogP contribution in [0.15, 0.2) is 22.7 Å². The highest BCUT2D eigenvalue weighted by molar-refractivity contribution is 14.1. The minimum atomic E-state index is 0.0533. The number of carbonyl (C=O) groups excluding carboxylic acids is 1. The number of hydrogen-bond acceptors (Lipinski definition) is 1. The molecule has 1 saturated carbocycles. The van der Waals surface area contributed by atoms with Gasteiger partial charge in [-0.15, -0.1) is 0 Å². The number of halogens is 2. The summed E-state index contributed by atoms with van der Waals surface area (Å²) in [5.41, 5.74) is 0.766. The molecule has 1 amide bonds. The third-order valence-corrected chi connectivity index (χ3v) is 4.30. The van der Waals surface area contributed by atoms with Crippen LogP contribution in [0.2, 0.25) is 0 Å². The maximum absolute atomic E-state index is 12.0. The van der Waals surface area contributed by atoms with E-state index < -0.39 is 0 Å². The van der Waals surface area contributed by atoms with Crippen molar-refractivity contribution in [3.63, 3.8) is 0 Å². The maximum atomic E-state index is 12.0. The second-order valence-corrected chi connectivity index (χ2v) is 6.16. The molecule has 0 heterocycles. The van der Waals surface area contributed by atoms with Gasteiger partial charge in [0.15, 0.2) is 0 Å². The van der Waals surface area contributed by atoms with Crippen LogP contribution < -0.4 is 5.32 Å². The highest BCUT2D eigenvalue weighted by atomic mass is 127. The highest BCUT2D eigenvalue weighted by Crippen LogP contribution is 2.21. The zero-order chi connectivity index (χ0) is 11.5. The van der Waals surface area contributed by atoms with Gasteiger partial charge in [-0.2, -0.15) is 0 Å². The Morgan fingerprint density at radius 3 is 2.75 bits per heavy atom. The average Bonchev–Trinajstić information content (AvgIpc) is 2.74. The van der Waals surface area contributed by atoms with E-state index in [9.17, 15) is 4.79 Å². The lowest BCUT2D eigenvalue weighted by molar-refractivity contribution is 0.0937. The molecule has 0 atom stereocenters. The summed E-state index contributed by atoms with van der Waals surface area (Å²) in [6.07, 6.45) is 4.72. The summed E-state index contributed by atoms with van der Waals surface area (Å²) in [7, 11) is 0. The summed E-state index contributed by atoms with van der Waals surface area (Å²) in [5, 5.41) is 3.10. The molecule has 1 aliphatic rings. The smallest absolute Gasteiger partial charge is 0.252 e. The summed E-state index contributed by atoms with van der Waals surface area (Å²) in [6, 6.07) is 6.16. The Balaban J connectivity index is 2.10. The van der Waals surface area contributed by atoms with Gasteiger partial charge < -0.3 is 5.32 Å². The Labute approximate surface area is 117 Å². The third kappa shape index (κ3) is 2.97. The molecule has 0 bridgehead atoms. The quantitative estimate of drug-likeness (QED) is 0.762. The Hall–Kier alpha value is -0.100. The Morgan fingerprint density at radius 2 is 2.06 bits per heavy atom. The van der Waals surface area contributed by atoms with Crippen molar-refractivity contribution >= 4 is 44.4 Å². The molecule has 0 spiro atoms. The second kappa shape index (κ2) is 5.49. The van der Waals surface area contributed by atoms with Crippen molar-refractivity contribution in [2.24, 2.45) is 0 Å². The highest BCUT2D eigenvalue weighted by Gasteiger charge is 2.19. The molecule has 1 aliphatic carbocycles. The van der Waals surface area contributed by atoms with Gasteiger partial charge in [-0.05, 0) is 53.6 Å². The number of benzene rings is 1. The predicted octanol–water partition coefficient (Wildman–Crippen LogP) is 3.73. The summed E-state index contributed by atoms with van der Waals surface area (Å²) in [4.78, 5) is 12.0. The van der Waals surface area contributed by atoms with Gasteiger partial charge in [0.2, 0.25) is 0 Å². The minimum Gasteiger partial charge on any atom is -0.349 e. The number of nitrogens with one attached hydrogen (secondary N) is 1. The summed E-state index contributed by atoms with van der Waals surface area (Å²) < 4.78 is 1.95.